The van der Waals surface area contributed by atoms with Crippen LogP contribution < -0.4 is 10.6 Å². The van der Waals surface area contributed by atoms with Crippen LogP contribution in [-0.4, -0.2) is 19.3 Å². The molecule has 0 radical (unpaired) electrons. The molecule has 0 bridgehead atoms. The van der Waals surface area contributed by atoms with E-state index in [9.17, 15) is 0 Å². The number of nitrogens with one attached hydrogen (secondary N) is 2. The van der Waals surface area contributed by atoms with Crippen molar-refractivity contribution in [2.45, 2.75) is 39.3 Å². The Balaban J connectivity index is 2.18. The lowest BCUT2D eigenvalue weighted by molar-refractivity contribution is 0.257. The Bertz CT molecular complexity index is 104. The van der Waals surface area contributed by atoms with Gasteiger partial charge in [0.15, 0.2) is 0 Å². The van der Waals surface area contributed by atoms with Gasteiger partial charge < -0.3 is 10.6 Å². The van der Waals surface area contributed by atoms with Crippen LogP contribution in [0.5, 0.6) is 0 Å². The molecule has 0 saturated carbocycles. The SMILES string of the molecule is CCCNC1NCCCC1C. The minimum Gasteiger partial charge on any atom is -0.302 e. The molecule has 1 aliphatic heterocycles. The Morgan fingerprint density at radius 2 is 2.36 bits per heavy atom. The van der Waals surface area contributed by atoms with Gasteiger partial charge in [0.25, 0.3) is 0 Å². The van der Waals surface area contributed by atoms with Crippen molar-refractivity contribution in [1.29, 1.82) is 0 Å². The molecular formula is C9H20N2. The minimum atomic E-state index is 0.573. The van der Waals surface area contributed by atoms with Crippen LogP contribution in [-0.2, 0) is 0 Å². The highest BCUT2D eigenvalue weighted by molar-refractivity contribution is 4.75. The average molecular weight is 156 g/mol. The molecule has 1 aliphatic rings. The fourth-order valence-electron chi connectivity index (χ4n) is 1.62. The van der Waals surface area contributed by atoms with Crippen LogP contribution in [0.3, 0.4) is 0 Å². The molecule has 0 amide bonds. The third-order valence-corrected chi connectivity index (χ3v) is 2.38. The highest BCUT2D eigenvalue weighted by Crippen LogP contribution is 2.12. The first-order valence-corrected chi connectivity index (χ1v) is 4.81. The lowest BCUT2D eigenvalue weighted by Crippen LogP contribution is -2.50. The van der Waals surface area contributed by atoms with Gasteiger partial charge in [0.2, 0.25) is 0 Å². The van der Waals surface area contributed by atoms with E-state index in [-0.39, 0.29) is 0 Å². The maximum atomic E-state index is 3.51. The normalized spacial score (nSPS) is 32.2. The second kappa shape index (κ2) is 4.73. The number of rotatable bonds is 3. The van der Waals surface area contributed by atoms with Crippen molar-refractivity contribution in [2.24, 2.45) is 5.92 Å². The van der Waals surface area contributed by atoms with Gasteiger partial charge in [-0.2, -0.15) is 0 Å². The summed E-state index contributed by atoms with van der Waals surface area (Å²) in [5.41, 5.74) is 0. The molecule has 0 aromatic carbocycles. The van der Waals surface area contributed by atoms with Gasteiger partial charge in [-0.1, -0.05) is 13.8 Å². The van der Waals surface area contributed by atoms with Crippen molar-refractivity contribution in [3.05, 3.63) is 0 Å². The average Bonchev–Trinajstić information content (AvgIpc) is 2.03. The van der Waals surface area contributed by atoms with Crippen LogP contribution in [0.15, 0.2) is 0 Å². The van der Waals surface area contributed by atoms with Crippen molar-refractivity contribution in [2.75, 3.05) is 13.1 Å². The van der Waals surface area contributed by atoms with Crippen LogP contribution in [0, 0.1) is 5.92 Å². The van der Waals surface area contributed by atoms with Crippen molar-refractivity contribution < 1.29 is 0 Å². The molecule has 1 fully saturated rings. The number of hydrogen-bond acceptors (Lipinski definition) is 2. The van der Waals surface area contributed by atoms with Gasteiger partial charge in [0, 0.05) is 0 Å². The quantitative estimate of drug-likeness (QED) is 0.644. The third-order valence-electron chi connectivity index (χ3n) is 2.38. The van der Waals surface area contributed by atoms with E-state index < -0.39 is 0 Å². The third kappa shape index (κ3) is 2.80. The summed E-state index contributed by atoms with van der Waals surface area (Å²) in [5.74, 6) is 0.801. The Hall–Kier alpha value is -0.0800. The van der Waals surface area contributed by atoms with Crippen molar-refractivity contribution in [1.82, 2.24) is 10.6 Å². The van der Waals surface area contributed by atoms with Crippen LogP contribution >= 0.6 is 0 Å². The molecule has 2 nitrogen and oxygen atoms in total. The predicted molar refractivity (Wildman–Crippen MR) is 48.5 cm³/mol. The highest BCUT2D eigenvalue weighted by Gasteiger charge is 2.18. The lowest BCUT2D eigenvalue weighted by Gasteiger charge is -2.30. The first-order chi connectivity index (χ1) is 5.34. The van der Waals surface area contributed by atoms with E-state index in [2.05, 4.69) is 24.5 Å². The van der Waals surface area contributed by atoms with E-state index in [1.54, 1.807) is 0 Å². The summed E-state index contributed by atoms with van der Waals surface area (Å²) in [6.07, 6.45) is 4.51. The van der Waals surface area contributed by atoms with Gasteiger partial charge in [-0.3, -0.25) is 0 Å². The second-order valence-corrected chi connectivity index (χ2v) is 3.51. The van der Waals surface area contributed by atoms with E-state index in [1.165, 1.54) is 25.8 Å². The van der Waals surface area contributed by atoms with E-state index in [4.69, 9.17) is 0 Å². The van der Waals surface area contributed by atoms with Gasteiger partial charge in [-0.05, 0) is 38.3 Å². The van der Waals surface area contributed by atoms with Gasteiger partial charge >= 0.3 is 0 Å². The molecule has 0 spiro atoms. The van der Waals surface area contributed by atoms with Gasteiger partial charge in [0.05, 0.1) is 6.17 Å². The zero-order chi connectivity index (χ0) is 8.10. The molecule has 2 atom stereocenters. The Morgan fingerprint density at radius 1 is 1.55 bits per heavy atom. The molecule has 1 saturated heterocycles. The number of piperidine rings is 1. The standard InChI is InChI=1S/C9H20N2/c1-3-6-10-9-8(2)5-4-7-11-9/h8-11H,3-7H2,1-2H3. The van der Waals surface area contributed by atoms with Gasteiger partial charge in [-0.25, -0.2) is 0 Å². The number of hydrogen-bond donors (Lipinski definition) is 2. The van der Waals surface area contributed by atoms with Gasteiger partial charge in [0.1, 0.15) is 0 Å². The molecule has 2 N–H and O–H groups in total. The van der Waals surface area contributed by atoms with Crippen molar-refractivity contribution >= 4 is 0 Å². The predicted octanol–water partition coefficient (Wildman–Crippen LogP) is 1.33. The largest absolute Gasteiger partial charge is 0.302 e. The first-order valence-electron chi connectivity index (χ1n) is 4.81. The molecule has 11 heavy (non-hydrogen) atoms. The Kier molecular flexibility index (Phi) is 3.87. The Morgan fingerprint density at radius 3 is 3.00 bits per heavy atom. The molecule has 2 heteroatoms. The van der Waals surface area contributed by atoms with Crippen LogP contribution in [0.4, 0.5) is 0 Å². The lowest BCUT2D eigenvalue weighted by atomic mass is 9.98. The van der Waals surface area contributed by atoms with Gasteiger partial charge in [-0.15, -0.1) is 0 Å². The minimum absolute atomic E-state index is 0.573. The molecule has 1 heterocycles. The van der Waals surface area contributed by atoms with E-state index in [0.717, 1.165) is 12.5 Å². The second-order valence-electron chi connectivity index (χ2n) is 3.51. The highest BCUT2D eigenvalue weighted by atomic mass is 15.1. The van der Waals surface area contributed by atoms with E-state index in [0.29, 0.717) is 6.17 Å². The summed E-state index contributed by atoms with van der Waals surface area (Å²) < 4.78 is 0. The van der Waals surface area contributed by atoms with Crippen molar-refractivity contribution in [3.63, 3.8) is 0 Å². The molecule has 0 aromatic heterocycles. The first kappa shape index (κ1) is 9.01. The summed E-state index contributed by atoms with van der Waals surface area (Å²) in [5, 5.41) is 7.00. The summed E-state index contributed by atoms with van der Waals surface area (Å²) in [7, 11) is 0. The molecule has 0 aromatic rings. The van der Waals surface area contributed by atoms with Crippen LogP contribution in [0.25, 0.3) is 0 Å². The molecule has 0 aliphatic carbocycles. The maximum Gasteiger partial charge on any atom is 0.0598 e. The molecular weight excluding hydrogens is 136 g/mol. The monoisotopic (exact) mass is 156 g/mol. The molecule has 2 unspecified atom stereocenters. The van der Waals surface area contributed by atoms with E-state index >= 15 is 0 Å². The molecule has 66 valence electrons. The summed E-state index contributed by atoms with van der Waals surface area (Å²) in [4.78, 5) is 0. The zero-order valence-corrected chi connectivity index (χ0v) is 7.69. The fourth-order valence-corrected chi connectivity index (χ4v) is 1.62. The summed E-state index contributed by atoms with van der Waals surface area (Å²) in [6, 6.07) is 0. The topological polar surface area (TPSA) is 24.1 Å². The smallest absolute Gasteiger partial charge is 0.0598 e. The maximum absolute atomic E-state index is 3.51. The Labute approximate surface area is 69.8 Å². The van der Waals surface area contributed by atoms with Crippen molar-refractivity contribution in [3.8, 4) is 0 Å². The zero-order valence-electron chi connectivity index (χ0n) is 7.69. The van der Waals surface area contributed by atoms with Crippen LogP contribution in [0.1, 0.15) is 33.1 Å². The van der Waals surface area contributed by atoms with E-state index in [1.807, 2.05) is 0 Å². The fraction of sp³-hybridized carbons (Fsp3) is 1.00. The summed E-state index contributed by atoms with van der Waals surface area (Å²) >= 11 is 0. The summed E-state index contributed by atoms with van der Waals surface area (Å²) in [6.45, 7) is 6.85. The molecule has 1 rings (SSSR count). The van der Waals surface area contributed by atoms with Crippen LogP contribution in [0.2, 0.25) is 0 Å².